The smallest absolute Gasteiger partial charge is 0.318 e. The summed E-state index contributed by atoms with van der Waals surface area (Å²) >= 11 is 0. The van der Waals surface area contributed by atoms with E-state index in [0.717, 1.165) is 23.6 Å². The molecule has 0 fully saturated rings. The third kappa shape index (κ3) is 4.71. The Morgan fingerprint density at radius 1 is 1.37 bits per heavy atom. The van der Waals surface area contributed by atoms with Crippen molar-refractivity contribution in [2.45, 2.75) is 25.9 Å². The van der Waals surface area contributed by atoms with Crippen molar-refractivity contribution in [1.29, 1.82) is 0 Å². The number of amides is 2. The Kier molecular flexibility index (Phi) is 6.18. The fourth-order valence-corrected chi connectivity index (χ4v) is 2.90. The number of urea groups is 1. The lowest BCUT2D eigenvalue weighted by atomic mass is 10.1. The van der Waals surface area contributed by atoms with Gasteiger partial charge >= 0.3 is 6.03 Å². The summed E-state index contributed by atoms with van der Waals surface area (Å²) < 4.78 is 13.2. The zero-order valence-corrected chi connectivity index (χ0v) is 15.7. The fourth-order valence-electron chi connectivity index (χ4n) is 2.90. The van der Waals surface area contributed by atoms with Crippen LogP contribution in [0.4, 0.5) is 4.79 Å². The van der Waals surface area contributed by atoms with Crippen molar-refractivity contribution in [3.8, 4) is 11.5 Å². The van der Waals surface area contributed by atoms with Gasteiger partial charge in [0.15, 0.2) is 11.5 Å². The number of aryl methyl sites for hydroxylation is 1. The summed E-state index contributed by atoms with van der Waals surface area (Å²) in [7, 11) is 1.87. The van der Waals surface area contributed by atoms with E-state index >= 15 is 0 Å². The average molecular weight is 374 g/mol. The maximum atomic E-state index is 12.7. The maximum absolute atomic E-state index is 12.7. The summed E-state index contributed by atoms with van der Waals surface area (Å²) in [5.41, 5.74) is 0.925. The standard InChI is InChI=1S/C19H26N4O4/c1-14(15-4-5-16-17(12-15)27-11-3-10-26-16)21-19(25)23(8-9-24)13-18-20-6-7-22(18)2/h4-7,12,14,24H,3,8-11,13H2,1-2H3,(H,21,25)/t14-/m0/s1. The number of hydrogen-bond donors (Lipinski definition) is 2. The highest BCUT2D eigenvalue weighted by Crippen LogP contribution is 2.32. The topological polar surface area (TPSA) is 88.9 Å². The van der Waals surface area contributed by atoms with Gasteiger partial charge in [-0.1, -0.05) is 6.07 Å². The van der Waals surface area contributed by atoms with Crippen molar-refractivity contribution in [3.05, 3.63) is 42.0 Å². The monoisotopic (exact) mass is 374 g/mol. The zero-order valence-electron chi connectivity index (χ0n) is 15.7. The summed E-state index contributed by atoms with van der Waals surface area (Å²) in [6.45, 7) is 3.61. The lowest BCUT2D eigenvalue weighted by molar-refractivity contribution is 0.169. The molecule has 146 valence electrons. The van der Waals surface area contributed by atoms with Gasteiger partial charge in [-0.3, -0.25) is 0 Å². The number of fused-ring (bicyclic) bond motifs is 1. The molecule has 1 aromatic heterocycles. The summed E-state index contributed by atoms with van der Waals surface area (Å²) in [5.74, 6) is 2.18. The second-order valence-corrected chi connectivity index (χ2v) is 6.53. The van der Waals surface area contributed by atoms with Crippen LogP contribution in [0.15, 0.2) is 30.6 Å². The first-order chi connectivity index (χ1) is 13.1. The van der Waals surface area contributed by atoms with Gasteiger partial charge in [0.1, 0.15) is 5.82 Å². The number of hydrogen-bond acceptors (Lipinski definition) is 5. The normalized spacial score (nSPS) is 14.3. The van der Waals surface area contributed by atoms with Crippen molar-refractivity contribution in [3.63, 3.8) is 0 Å². The minimum Gasteiger partial charge on any atom is -0.490 e. The zero-order chi connectivity index (χ0) is 19.2. The van der Waals surface area contributed by atoms with E-state index in [1.165, 1.54) is 0 Å². The SMILES string of the molecule is C[C@H](NC(=O)N(CCO)Cc1nccn1C)c1ccc2c(c1)OCCCO2. The average Bonchev–Trinajstić information content (AvgIpc) is 2.92. The molecule has 1 aromatic carbocycles. The van der Waals surface area contributed by atoms with Gasteiger partial charge in [0, 0.05) is 32.4 Å². The predicted octanol–water partition coefficient (Wildman–Crippen LogP) is 1.85. The lowest BCUT2D eigenvalue weighted by Gasteiger charge is -2.25. The Hall–Kier alpha value is -2.74. The molecule has 0 saturated carbocycles. The summed E-state index contributed by atoms with van der Waals surface area (Å²) in [5, 5.41) is 12.3. The number of carbonyl (C=O) groups excluding carboxylic acids is 1. The molecule has 27 heavy (non-hydrogen) atoms. The van der Waals surface area contributed by atoms with Crippen molar-refractivity contribution in [2.24, 2.45) is 7.05 Å². The molecule has 0 radical (unpaired) electrons. The van der Waals surface area contributed by atoms with Gasteiger partial charge < -0.3 is 29.4 Å². The molecule has 3 rings (SSSR count). The Morgan fingerprint density at radius 2 is 2.15 bits per heavy atom. The number of carbonyl (C=O) groups is 1. The van der Waals surface area contributed by atoms with Gasteiger partial charge in [-0.25, -0.2) is 9.78 Å². The van der Waals surface area contributed by atoms with E-state index in [4.69, 9.17) is 9.47 Å². The number of benzene rings is 1. The van der Waals surface area contributed by atoms with Crippen LogP contribution >= 0.6 is 0 Å². The number of ether oxygens (including phenoxy) is 2. The Labute approximate surface area is 158 Å². The summed E-state index contributed by atoms with van der Waals surface area (Å²) in [4.78, 5) is 18.5. The Bertz CT molecular complexity index is 777. The number of aliphatic hydroxyl groups is 1. The maximum Gasteiger partial charge on any atom is 0.318 e. The van der Waals surface area contributed by atoms with Crippen LogP contribution in [0.3, 0.4) is 0 Å². The molecule has 0 bridgehead atoms. The Morgan fingerprint density at radius 3 is 2.85 bits per heavy atom. The molecule has 2 N–H and O–H groups in total. The van der Waals surface area contributed by atoms with Gasteiger partial charge in [0.25, 0.3) is 0 Å². The van der Waals surface area contributed by atoms with Crippen LogP contribution in [0, 0.1) is 0 Å². The molecule has 8 heteroatoms. The van der Waals surface area contributed by atoms with E-state index in [2.05, 4.69) is 10.3 Å². The van der Waals surface area contributed by atoms with Gasteiger partial charge in [0.05, 0.1) is 32.4 Å². The molecule has 2 aromatic rings. The molecule has 8 nitrogen and oxygen atoms in total. The molecule has 0 aliphatic carbocycles. The molecule has 1 aliphatic rings. The van der Waals surface area contributed by atoms with Crippen molar-refractivity contribution in [2.75, 3.05) is 26.4 Å². The molecule has 1 aliphatic heterocycles. The molecule has 2 heterocycles. The largest absolute Gasteiger partial charge is 0.490 e. The van der Waals surface area contributed by atoms with Crippen molar-refractivity contribution >= 4 is 6.03 Å². The Balaban J connectivity index is 1.67. The number of nitrogens with one attached hydrogen (secondary N) is 1. The van der Waals surface area contributed by atoms with Gasteiger partial charge in [-0.2, -0.15) is 0 Å². The van der Waals surface area contributed by atoms with Crippen molar-refractivity contribution < 1.29 is 19.4 Å². The van der Waals surface area contributed by atoms with Crippen molar-refractivity contribution in [1.82, 2.24) is 19.8 Å². The second-order valence-electron chi connectivity index (χ2n) is 6.53. The van der Waals surface area contributed by atoms with Crippen LogP contribution in [-0.2, 0) is 13.6 Å². The van der Waals surface area contributed by atoms with E-state index in [1.807, 2.05) is 42.9 Å². The van der Waals surface area contributed by atoms with Gasteiger partial charge in [0.2, 0.25) is 0 Å². The summed E-state index contributed by atoms with van der Waals surface area (Å²) in [6.07, 6.45) is 4.36. The van der Waals surface area contributed by atoms with E-state index in [0.29, 0.717) is 25.5 Å². The minimum absolute atomic E-state index is 0.115. The van der Waals surface area contributed by atoms with Crippen LogP contribution in [-0.4, -0.2) is 52.0 Å². The number of imidazole rings is 1. The highest BCUT2D eigenvalue weighted by Gasteiger charge is 2.19. The van der Waals surface area contributed by atoms with Crippen LogP contribution in [0.5, 0.6) is 11.5 Å². The molecule has 1 atom stereocenters. The number of rotatable bonds is 6. The minimum atomic E-state index is -0.258. The van der Waals surface area contributed by atoms with Crippen LogP contribution in [0.2, 0.25) is 0 Å². The predicted molar refractivity (Wildman–Crippen MR) is 99.7 cm³/mol. The number of aliphatic hydroxyl groups excluding tert-OH is 1. The molecule has 0 spiro atoms. The molecule has 2 amide bonds. The second kappa shape index (κ2) is 8.77. The van der Waals surface area contributed by atoms with Crippen LogP contribution in [0.25, 0.3) is 0 Å². The molecular weight excluding hydrogens is 348 g/mol. The first kappa shape index (κ1) is 19.0. The molecule has 0 unspecified atom stereocenters. The number of nitrogens with zero attached hydrogens (tertiary/aromatic N) is 3. The summed E-state index contributed by atoms with van der Waals surface area (Å²) in [6, 6.07) is 5.22. The van der Waals surface area contributed by atoms with Crippen LogP contribution < -0.4 is 14.8 Å². The first-order valence-corrected chi connectivity index (χ1v) is 9.10. The molecular formula is C19H26N4O4. The highest BCUT2D eigenvalue weighted by atomic mass is 16.5. The number of aromatic nitrogens is 2. The van der Waals surface area contributed by atoms with E-state index in [9.17, 15) is 9.90 Å². The van der Waals surface area contributed by atoms with E-state index in [1.54, 1.807) is 11.1 Å². The lowest BCUT2D eigenvalue weighted by Crippen LogP contribution is -2.42. The highest BCUT2D eigenvalue weighted by molar-refractivity contribution is 5.74. The molecule has 0 saturated heterocycles. The first-order valence-electron chi connectivity index (χ1n) is 9.10. The van der Waals surface area contributed by atoms with Gasteiger partial charge in [-0.05, 0) is 24.6 Å². The van der Waals surface area contributed by atoms with Crippen LogP contribution in [0.1, 0.15) is 30.8 Å². The van der Waals surface area contributed by atoms with E-state index in [-0.39, 0.29) is 25.2 Å². The third-order valence-electron chi connectivity index (χ3n) is 4.52. The third-order valence-corrected chi connectivity index (χ3v) is 4.52. The fraction of sp³-hybridized carbons (Fsp3) is 0.474. The quantitative estimate of drug-likeness (QED) is 0.806. The van der Waals surface area contributed by atoms with Gasteiger partial charge in [-0.15, -0.1) is 0 Å². The van der Waals surface area contributed by atoms with E-state index < -0.39 is 0 Å².